The number of aromatic nitrogens is 2. The lowest BCUT2D eigenvalue weighted by Gasteiger charge is -2.12. The first kappa shape index (κ1) is 19.0. The minimum Gasteiger partial charge on any atom is -0.325 e. The fourth-order valence-electron chi connectivity index (χ4n) is 3.38. The largest absolute Gasteiger partial charge is 0.325 e. The molecule has 1 unspecified atom stereocenters. The van der Waals surface area contributed by atoms with Gasteiger partial charge in [-0.2, -0.15) is 5.10 Å². The third-order valence-corrected chi connectivity index (χ3v) is 7.29. The van der Waals surface area contributed by atoms with E-state index in [2.05, 4.69) is 10.4 Å². The van der Waals surface area contributed by atoms with E-state index >= 15 is 0 Å². The summed E-state index contributed by atoms with van der Waals surface area (Å²) < 4.78 is 25.3. The first-order valence-electron chi connectivity index (χ1n) is 8.48. The van der Waals surface area contributed by atoms with E-state index in [9.17, 15) is 13.2 Å². The molecule has 0 bridgehead atoms. The maximum atomic E-state index is 12.5. The molecule has 1 aliphatic heterocycles. The van der Waals surface area contributed by atoms with Crippen LogP contribution in [-0.4, -0.2) is 41.9 Å². The number of rotatable bonds is 5. The number of hydrogen-bond donors (Lipinski definition) is 1. The fourth-order valence-corrected chi connectivity index (χ4v) is 5.63. The van der Waals surface area contributed by atoms with E-state index in [-0.39, 0.29) is 29.9 Å². The van der Waals surface area contributed by atoms with Crippen LogP contribution in [0.1, 0.15) is 29.4 Å². The molecule has 1 amide bonds. The quantitative estimate of drug-likeness (QED) is 0.790. The van der Waals surface area contributed by atoms with Gasteiger partial charge in [0.15, 0.2) is 9.84 Å². The van der Waals surface area contributed by atoms with Gasteiger partial charge in [-0.15, -0.1) is 11.8 Å². The van der Waals surface area contributed by atoms with E-state index < -0.39 is 9.84 Å². The molecule has 1 atom stereocenters. The van der Waals surface area contributed by atoms with Gasteiger partial charge in [0.1, 0.15) is 0 Å². The summed E-state index contributed by atoms with van der Waals surface area (Å²) in [5.41, 5.74) is 3.32. The number of para-hydroxylation sites is 1. The highest BCUT2D eigenvalue weighted by Gasteiger charge is 2.31. The molecule has 2 heterocycles. The highest BCUT2D eigenvalue weighted by atomic mass is 32.2. The number of benzene rings is 1. The summed E-state index contributed by atoms with van der Waals surface area (Å²) in [6, 6.07) is 7.55. The van der Waals surface area contributed by atoms with Crippen molar-refractivity contribution in [2.75, 3.05) is 23.1 Å². The number of hydrogen-bond acceptors (Lipinski definition) is 5. The van der Waals surface area contributed by atoms with Gasteiger partial charge in [0.25, 0.3) is 0 Å². The molecule has 1 N–H and O–H groups in total. The van der Waals surface area contributed by atoms with Crippen molar-refractivity contribution < 1.29 is 13.2 Å². The van der Waals surface area contributed by atoms with Crippen molar-refractivity contribution in [2.24, 2.45) is 0 Å². The molecule has 8 heteroatoms. The topological polar surface area (TPSA) is 81.1 Å². The van der Waals surface area contributed by atoms with Crippen LogP contribution in [0.25, 0.3) is 0 Å². The molecule has 0 radical (unpaired) electrons. The second-order valence-corrected chi connectivity index (χ2v) is 9.65. The Labute approximate surface area is 158 Å². The molecule has 2 aromatic rings. The summed E-state index contributed by atoms with van der Waals surface area (Å²) in [6.45, 7) is 3.77. The van der Waals surface area contributed by atoms with Crippen LogP contribution in [0.5, 0.6) is 0 Å². The average molecular weight is 394 g/mol. The Bertz CT molecular complexity index is 935. The number of carbonyl (C=O) groups is 1. The van der Waals surface area contributed by atoms with Gasteiger partial charge in [-0.3, -0.25) is 9.48 Å². The zero-order chi connectivity index (χ0) is 18.9. The molecular formula is C18H23N3O3S2. The van der Waals surface area contributed by atoms with Gasteiger partial charge in [-0.05, 0) is 38.7 Å². The van der Waals surface area contributed by atoms with Crippen molar-refractivity contribution in [3.8, 4) is 0 Å². The molecule has 3 rings (SSSR count). The Morgan fingerprint density at radius 2 is 2.08 bits per heavy atom. The minimum absolute atomic E-state index is 0.101. The number of nitrogens with zero attached hydrogens (tertiary/aromatic N) is 2. The first-order valence-corrected chi connectivity index (χ1v) is 11.5. The zero-order valence-corrected chi connectivity index (χ0v) is 16.8. The van der Waals surface area contributed by atoms with E-state index in [1.807, 2.05) is 44.4 Å². The molecule has 1 aliphatic rings. The van der Waals surface area contributed by atoms with E-state index in [1.165, 1.54) is 0 Å². The Morgan fingerprint density at radius 1 is 1.35 bits per heavy atom. The summed E-state index contributed by atoms with van der Waals surface area (Å²) in [5, 5.41) is 7.48. The third-order valence-electron chi connectivity index (χ3n) is 4.75. The van der Waals surface area contributed by atoms with E-state index in [0.29, 0.717) is 6.42 Å². The summed E-state index contributed by atoms with van der Waals surface area (Å²) in [5.74, 6) is 0.232. The van der Waals surface area contributed by atoms with Gasteiger partial charge in [0, 0.05) is 16.2 Å². The zero-order valence-electron chi connectivity index (χ0n) is 15.2. The molecule has 6 nitrogen and oxygen atoms in total. The Hall–Kier alpha value is -1.80. The molecule has 1 aromatic heterocycles. The molecule has 0 spiro atoms. The van der Waals surface area contributed by atoms with Gasteiger partial charge in [-0.25, -0.2) is 8.42 Å². The fraction of sp³-hybridized carbons (Fsp3) is 0.444. The number of sulfone groups is 1. The van der Waals surface area contributed by atoms with Gasteiger partial charge in [-0.1, -0.05) is 12.1 Å². The number of nitrogens with one attached hydrogen (secondary N) is 1. The van der Waals surface area contributed by atoms with Crippen LogP contribution >= 0.6 is 11.8 Å². The average Bonchev–Trinajstić information content (AvgIpc) is 3.09. The molecular weight excluding hydrogens is 370 g/mol. The number of thioether (sulfide) groups is 1. The number of carbonyl (C=O) groups excluding carboxylic acids is 1. The summed E-state index contributed by atoms with van der Waals surface area (Å²) >= 11 is 1.58. The molecule has 26 heavy (non-hydrogen) atoms. The lowest BCUT2D eigenvalue weighted by atomic mass is 10.1. The number of anilines is 1. The highest BCUT2D eigenvalue weighted by Crippen LogP contribution is 2.28. The van der Waals surface area contributed by atoms with Crippen molar-refractivity contribution in [3.63, 3.8) is 0 Å². The van der Waals surface area contributed by atoms with Crippen molar-refractivity contribution in [2.45, 2.75) is 37.6 Å². The van der Waals surface area contributed by atoms with Gasteiger partial charge in [0.2, 0.25) is 5.91 Å². The van der Waals surface area contributed by atoms with Gasteiger partial charge < -0.3 is 5.32 Å². The van der Waals surface area contributed by atoms with Crippen LogP contribution in [0.2, 0.25) is 0 Å². The van der Waals surface area contributed by atoms with Crippen molar-refractivity contribution >= 4 is 33.2 Å². The van der Waals surface area contributed by atoms with Crippen LogP contribution in [0.4, 0.5) is 5.69 Å². The Morgan fingerprint density at radius 3 is 2.73 bits per heavy atom. The summed E-state index contributed by atoms with van der Waals surface area (Å²) in [6.07, 6.45) is 2.77. The summed E-state index contributed by atoms with van der Waals surface area (Å²) in [7, 11) is -2.98. The van der Waals surface area contributed by atoms with Crippen LogP contribution < -0.4 is 5.32 Å². The highest BCUT2D eigenvalue weighted by molar-refractivity contribution is 7.98. The first-order chi connectivity index (χ1) is 12.3. The monoisotopic (exact) mass is 393 g/mol. The predicted octanol–water partition coefficient (Wildman–Crippen LogP) is 2.76. The molecule has 1 aromatic carbocycles. The number of amides is 1. The Kier molecular flexibility index (Phi) is 5.43. The molecule has 0 aliphatic carbocycles. The molecule has 1 saturated heterocycles. The van der Waals surface area contributed by atoms with E-state index in [1.54, 1.807) is 16.4 Å². The lowest BCUT2D eigenvalue weighted by molar-refractivity contribution is -0.115. The molecule has 1 fully saturated rings. The van der Waals surface area contributed by atoms with Crippen LogP contribution in [0, 0.1) is 13.8 Å². The smallest absolute Gasteiger partial charge is 0.228 e. The van der Waals surface area contributed by atoms with Gasteiger partial charge >= 0.3 is 0 Å². The van der Waals surface area contributed by atoms with Gasteiger partial charge in [0.05, 0.1) is 35.3 Å². The SMILES string of the molecule is CSc1ccccc1NC(=O)Cc1c(C)nn(C2CCS(=O)(=O)C2)c1C. The number of aryl methyl sites for hydroxylation is 1. The van der Waals surface area contributed by atoms with Crippen LogP contribution in [0.15, 0.2) is 29.2 Å². The minimum atomic E-state index is -2.98. The van der Waals surface area contributed by atoms with Crippen molar-refractivity contribution in [3.05, 3.63) is 41.2 Å². The Balaban J connectivity index is 1.77. The van der Waals surface area contributed by atoms with Crippen LogP contribution in [-0.2, 0) is 21.1 Å². The maximum absolute atomic E-state index is 12.5. The maximum Gasteiger partial charge on any atom is 0.228 e. The molecule has 140 valence electrons. The predicted molar refractivity (Wildman–Crippen MR) is 105 cm³/mol. The van der Waals surface area contributed by atoms with E-state index in [0.717, 1.165) is 27.5 Å². The second-order valence-electron chi connectivity index (χ2n) is 6.58. The second kappa shape index (κ2) is 7.44. The molecule has 0 saturated carbocycles. The summed E-state index contributed by atoms with van der Waals surface area (Å²) in [4.78, 5) is 13.5. The standard InChI is InChI=1S/C18H23N3O3S2/c1-12-15(10-18(22)19-16-6-4-5-7-17(16)25-3)13(2)21(20-12)14-8-9-26(23,24)11-14/h4-7,14H,8-11H2,1-3H3,(H,19,22). The van der Waals surface area contributed by atoms with Crippen LogP contribution in [0.3, 0.4) is 0 Å². The van der Waals surface area contributed by atoms with E-state index in [4.69, 9.17) is 0 Å². The normalized spacial score (nSPS) is 18.8. The third kappa shape index (κ3) is 3.96. The lowest BCUT2D eigenvalue weighted by Crippen LogP contribution is -2.17. The van der Waals surface area contributed by atoms with Crippen molar-refractivity contribution in [1.29, 1.82) is 0 Å². The van der Waals surface area contributed by atoms with Crippen molar-refractivity contribution in [1.82, 2.24) is 9.78 Å².